The molecule has 1 heterocycles. The zero-order valence-corrected chi connectivity index (χ0v) is 20.9. The molecule has 1 amide bonds. The van der Waals surface area contributed by atoms with Crippen molar-refractivity contribution < 1.29 is 28.6 Å². The van der Waals surface area contributed by atoms with E-state index in [1.807, 2.05) is 38.1 Å². The Balaban J connectivity index is 1.64. The predicted molar refractivity (Wildman–Crippen MR) is 137 cm³/mol. The number of carbonyl (C=O) groups is 3. The molecule has 0 fully saturated rings. The number of rotatable bonds is 12. The van der Waals surface area contributed by atoms with Crippen molar-refractivity contribution in [3.63, 3.8) is 0 Å². The molecule has 1 aromatic heterocycles. The zero-order chi connectivity index (χ0) is 27.0. The third kappa shape index (κ3) is 7.94. The molecule has 2 aromatic carbocycles. The molecule has 2 unspecified atom stereocenters. The molecule has 3 aromatic rings. The van der Waals surface area contributed by atoms with Gasteiger partial charge in [0.25, 0.3) is 5.91 Å². The van der Waals surface area contributed by atoms with Gasteiger partial charge >= 0.3 is 5.97 Å². The summed E-state index contributed by atoms with van der Waals surface area (Å²) < 4.78 is 18.4. The first-order chi connectivity index (χ1) is 17.6. The van der Waals surface area contributed by atoms with E-state index in [0.717, 1.165) is 11.1 Å². The number of ether oxygens (including phenoxy) is 1. The van der Waals surface area contributed by atoms with Crippen LogP contribution in [0.2, 0.25) is 0 Å². The molecule has 37 heavy (non-hydrogen) atoms. The van der Waals surface area contributed by atoms with Crippen LogP contribution < -0.4 is 15.4 Å². The van der Waals surface area contributed by atoms with Crippen molar-refractivity contribution in [2.24, 2.45) is 0 Å². The summed E-state index contributed by atoms with van der Waals surface area (Å²) >= 11 is 0. The van der Waals surface area contributed by atoms with Crippen molar-refractivity contribution >= 4 is 18.2 Å². The normalized spacial score (nSPS) is 12.9. The molecule has 0 saturated heterocycles. The quantitative estimate of drug-likeness (QED) is 0.320. The van der Waals surface area contributed by atoms with Crippen LogP contribution in [0.5, 0.6) is 5.75 Å². The average molecular weight is 508 g/mol. The second kappa shape index (κ2) is 12.2. The Bertz CT molecular complexity index is 1230. The summed E-state index contributed by atoms with van der Waals surface area (Å²) in [7, 11) is 1.57. The lowest BCUT2D eigenvalue weighted by Crippen LogP contribution is -2.53. The van der Waals surface area contributed by atoms with Crippen LogP contribution in [-0.4, -0.2) is 53.0 Å². The van der Waals surface area contributed by atoms with Gasteiger partial charge in [0.05, 0.1) is 24.4 Å². The maximum Gasteiger partial charge on any atom is 0.320 e. The van der Waals surface area contributed by atoms with Crippen LogP contribution in [0.4, 0.5) is 4.39 Å². The Morgan fingerprint density at radius 2 is 1.86 bits per heavy atom. The molecule has 0 radical (unpaired) electrons. The molecule has 0 aliphatic carbocycles. The van der Waals surface area contributed by atoms with Crippen LogP contribution in [0.1, 0.15) is 36.2 Å². The molecule has 3 N–H and O–H groups in total. The van der Waals surface area contributed by atoms with Crippen molar-refractivity contribution in [3.05, 3.63) is 83.8 Å². The van der Waals surface area contributed by atoms with Gasteiger partial charge in [0.15, 0.2) is 0 Å². The third-order valence-electron chi connectivity index (χ3n) is 5.78. The van der Waals surface area contributed by atoms with Gasteiger partial charge in [0, 0.05) is 23.7 Å². The van der Waals surface area contributed by atoms with Gasteiger partial charge in [-0.2, -0.15) is 0 Å². The highest BCUT2D eigenvalue weighted by molar-refractivity contribution is 5.95. The van der Waals surface area contributed by atoms with E-state index in [4.69, 9.17) is 4.74 Å². The van der Waals surface area contributed by atoms with Gasteiger partial charge in [-0.15, -0.1) is 0 Å². The number of carbonyl (C=O) groups excluding carboxylic acids is 2. The van der Waals surface area contributed by atoms with Crippen LogP contribution in [-0.2, 0) is 16.0 Å². The summed E-state index contributed by atoms with van der Waals surface area (Å²) in [5, 5.41) is 15.4. The highest BCUT2D eigenvalue weighted by atomic mass is 19.1. The number of halogens is 1. The van der Waals surface area contributed by atoms with Gasteiger partial charge in [-0.25, -0.2) is 4.39 Å². The number of carboxylic acids is 1. The van der Waals surface area contributed by atoms with Crippen LogP contribution in [0.3, 0.4) is 0 Å². The predicted octanol–water partition coefficient (Wildman–Crippen LogP) is 3.65. The maximum absolute atomic E-state index is 13.2. The fourth-order valence-corrected chi connectivity index (χ4v) is 3.99. The fraction of sp³-hybridized carbons (Fsp3) is 0.286. The lowest BCUT2D eigenvalue weighted by atomic mass is 9.93. The number of methoxy groups -OCH3 is 1. The number of nitrogens with one attached hydrogen (secondary N) is 2. The van der Waals surface area contributed by atoms with E-state index in [1.54, 1.807) is 31.4 Å². The first kappa shape index (κ1) is 27.5. The van der Waals surface area contributed by atoms with E-state index in [2.05, 4.69) is 15.6 Å². The number of aromatic nitrogens is 1. The highest BCUT2D eigenvalue weighted by Gasteiger charge is 2.30. The summed E-state index contributed by atoms with van der Waals surface area (Å²) in [5.41, 5.74) is 1.83. The molecule has 3 rings (SSSR count). The van der Waals surface area contributed by atoms with E-state index in [9.17, 15) is 23.9 Å². The van der Waals surface area contributed by atoms with Gasteiger partial charge in [0.1, 0.15) is 23.9 Å². The number of aldehydes is 1. The summed E-state index contributed by atoms with van der Waals surface area (Å²) in [6.07, 6.45) is 2.18. The van der Waals surface area contributed by atoms with Gasteiger partial charge in [-0.05, 0) is 62.2 Å². The Kier molecular flexibility index (Phi) is 9.08. The van der Waals surface area contributed by atoms with Crippen LogP contribution in [0.25, 0.3) is 11.3 Å². The number of pyridine rings is 1. The van der Waals surface area contributed by atoms with Crippen molar-refractivity contribution in [1.29, 1.82) is 0 Å². The third-order valence-corrected chi connectivity index (χ3v) is 5.78. The lowest BCUT2D eigenvalue weighted by Gasteiger charge is -2.31. The molecule has 9 heteroatoms. The van der Waals surface area contributed by atoms with E-state index >= 15 is 0 Å². The number of amides is 1. The largest absolute Gasteiger partial charge is 0.497 e. The first-order valence-corrected chi connectivity index (χ1v) is 11.7. The fourth-order valence-electron chi connectivity index (χ4n) is 3.99. The number of hydrogen-bond donors (Lipinski definition) is 3. The van der Waals surface area contributed by atoms with Crippen molar-refractivity contribution in [2.75, 3.05) is 7.11 Å². The van der Waals surface area contributed by atoms with Crippen LogP contribution >= 0.6 is 0 Å². The molecule has 0 aliphatic rings. The molecular formula is C28H30FN3O5. The second-order valence-corrected chi connectivity index (χ2v) is 9.34. The summed E-state index contributed by atoms with van der Waals surface area (Å²) in [4.78, 5) is 40.7. The van der Waals surface area contributed by atoms with Gasteiger partial charge in [0.2, 0.25) is 0 Å². The highest BCUT2D eigenvalue weighted by Crippen LogP contribution is 2.22. The standard InChI is InChI=1S/C28H30FN3O5/c1-28(2,15-18-7-10-21(29)11-8-18)32-25(27(35)36)14-22(17-33)31-26(34)20-9-12-24(30-16-20)19-5-4-6-23(13-19)37-3/h4-13,16-17,22,25,32H,14-15H2,1-3H3,(H,31,34)(H,35,36). The number of carboxylic acid groups (broad SMARTS) is 1. The van der Waals surface area contributed by atoms with Crippen LogP contribution in [0, 0.1) is 5.82 Å². The summed E-state index contributed by atoms with van der Waals surface area (Å²) in [6, 6.07) is 14.4. The molecule has 194 valence electrons. The molecule has 8 nitrogen and oxygen atoms in total. The number of aliphatic carboxylic acids is 1. The Hall–Kier alpha value is -4.11. The minimum atomic E-state index is -1.16. The van der Waals surface area contributed by atoms with E-state index < -0.39 is 29.5 Å². The molecule has 0 bridgehead atoms. The Morgan fingerprint density at radius 3 is 2.46 bits per heavy atom. The monoisotopic (exact) mass is 507 g/mol. The van der Waals surface area contributed by atoms with E-state index in [1.165, 1.54) is 18.3 Å². The number of nitrogens with zero attached hydrogens (tertiary/aromatic N) is 1. The SMILES string of the molecule is COc1cccc(-c2ccc(C(=O)NC(C=O)CC(NC(C)(C)Cc3ccc(F)cc3)C(=O)O)cn2)c1. The van der Waals surface area contributed by atoms with Crippen LogP contribution in [0.15, 0.2) is 66.9 Å². The van der Waals surface area contributed by atoms with Gasteiger partial charge < -0.3 is 20.0 Å². The summed E-state index contributed by atoms with van der Waals surface area (Å²) in [5.74, 6) is -1.38. The zero-order valence-electron chi connectivity index (χ0n) is 20.9. The molecule has 0 aliphatic heterocycles. The van der Waals surface area contributed by atoms with Gasteiger partial charge in [-0.3, -0.25) is 19.9 Å². The topological polar surface area (TPSA) is 118 Å². The number of hydrogen-bond acceptors (Lipinski definition) is 6. The Morgan fingerprint density at radius 1 is 1.14 bits per heavy atom. The smallest absolute Gasteiger partial charge is 0.320 e. The van der Waals surface area contributed by atoms with Crippen molar-refractivity contribution in [3.8, 4) is 17.0 Å². The molecule has 0 saturated carbocycles. The number of benzene rings is 2. The van der Waals surface area contributed by atoms with Crippen molar-refractivity contribution in [2.45, 2.75) is 44.3 Å². The minimum absolute atomic E-state index is 0.160. The lowest BCUT2D eigenvalue weighted by molar-refractivity contribution is -0.140. The Labute approximate surface area is 214 Å². The van der Waals surface area contributed by atoms with E-state index in [0.29, 0.717) is 24.2 Å². The summed E-state index contributed by atoms with van der Waals surface area (Å²) in [6.45, 7) is 3.63. The molecular weight excluding hydrogens is 477 g/mol. The first-order valence-electron chi connectivity index (χ1n) is 11.7. The molecule has 2 atom stereocenters. The average Bonchev–Trinajstić information content (AvgIpc) is 2.88. The van der Waals surface area contributed by atoms with E-state index in [-0.39, 0.29) is 17.8 Å². The maximum atomic E-state index is 13.2. The molecule has 0 spiro atoms. The van der Waals surface area contributed by atoms with Gasteiger partial charge in [-0.1, -0.05) is 24.3 Å². The van der Waals surface area contributed by atoms with Crippen molar-refractivity contribution in [1.82, 2.24) is 15.6 Å². The second-order valence-electron chi connectivity index (χ2n) is 9.34. The minimum Gasteiger partial charge on any atom is -0.497 e.